The van der Waals surface area contributed by atoms with Crippen LogP contribution in [0.2, 0.25) is 0 Å². The fourth-order valence-electron chi connectivity index (χ4n) is 2.49. The first-order valence-corrected chi connectivity index (χ1v) is 8.64. The van der Waals surface area contributed by atoms with Gasteiger partial charge in [-0.1, -0.05) is 65.2 Å². The summed E-state index contributed by atoms with van der Waals surface area (Å²) < 4.78 is 0. The lowest BCUT2D eigenvalue weighted by molar-refractivity contribution is 0.501. The van der Waals surface area contributed by atoms with Crippen LogP contribution in [0.25, 0.3) is 0 Å². The van der Waals surface area contributed by atoms with Crippen LogP contribution in [-0.2, 0) is 0 Å². The van der Waals surface area contributed by atoms with E-state index in [0.717, 1.165) is 5.92 Å². The molecule has 0 radical (unpaired) electrons. The molecule has 104 valence electrons. The van der Waals surface area contributed by atoms with Gasteiger partial charge in [0.15, 0.2) is 0 Å². The molecule has 0 N–H and O–H groups in total. The molecular weight excluding hydrogens is 238 g/mol. The maximum Gasteiger partial charge on any atom is 0.0794 e. The summed E-state index contributed by atoms with van der Waals surface area (Å²) in [5.74, 6) is 0.784. The minimum Gasteiger partial charge on any atom is -0.253 e. The molecule has 0 aliphatic carbocycles. The molecule has 0 aliphatic rings. The van der Waals surface area contributed by atoms with Crippen molar-refractivity contribution in [3.8, 4) is 0 Å². The van der Waals surface area contributed by atoms with Crippen LogP contribution >= 0.6 is 11.3 Å². The molecule has 1 nitrogen and oxygen atoms in total. The summed E-state index contributed by atoms with van der Waals surface area (Å²) in [5.41, 5.74) is 1.99. The van der Waals surface area contributed by atoms with Gasteiger partial charge in [-0.3, -0.25) is 4.98 Å². The van der Waals surface area contributed by atoms with E-state index in [9.17, 15) is 0 Å². The van der Waals surface area contributed by atoms with Gasteiger partial charge in [-0.15, -0.1) is 11.3 Å². The number of nitrogens with zero attached hydrogens (tertiary/aromatic N) is 1. The van der Waals surface area contributed by atoms with Crippen molar-refractivity contribution in [2.45, 2.75) is 84.0 Å². The van der Waals surface area contributed by atoms with Crippen LogP contribution in [0.3, 0.4) is 0 Å². The predicted octanol–water partition coefficient (Wildman–Crippen LogP) is 6.17. The van der Waals surface area contributed by atoms with Crippen molar-refractivity contribution < 1.29 is 0 Å². The second-order valence-corrected chi connectivity index (χ2v) is 6.22. The smallest absolute Gasteiger partial charge is 0.0794 e. The highest BCUT2D eigenvalue weighted by Crippen LogP contribution is 2.30. The first kappa shape index (κ1) is 15.7. The van der Waals surface area contributed by atoms with Crippen LogP contribution in [0.4, 0.5) is 0 Å². The third-order valence-electron chi connectivity index (χ3n) is 3.67. The van der Waals surface area contributed by atoms with E-state index in [1.807, 2.05) is 16.8 Å². The third-order valence-corrected chi connectivity index (χ3v) is 4.60. The largest absolute Gasteiger partial charge is 0.253 e. The second-order valence-electron chi connectivity index (χ2n) is 5.30. The summed E-state index contributed by atoms with van der Waals surface area (Å²) >= 11 is 1.85. The number of rotatable bonds is 11. The lowest BCUT2D eigenvalue weighted by atomic mass is 9.93. The van der Waals surface area contributed by atoms with Crippen molar-refractivity contribution in [3.05, 3.63) is 16.6 Å². The summed E-state index contributed by atoms with van der Waals surface area (Å²) in [6, 6.07) is 0. The predicted molar refractivity (Wildman–Crippen MR) is 82.4 cm³/mol. The summed E-state index contributed by atoms with van der Waals surface area (Å²) in [7, 11) is 0. The maximum absolute atomic E-state index is 4.25. The first-order valence-electron chi connectivity index (χ1n) is 7.76. The molecule has 0 amide bonds. The van der Waals surface area contributed by atoms with E-state index in [1.165, 1.54) is 69.1 Å². The van der Waals surface area contributed by atoms with Gasteiger partial charge in [-0.2, -0.15) is 0 Å². The minimum absolute atomic E-state index is 0.784. The lowest BCUT2D eigenvalue weighted by Gasteiger charge is -2.14. The van der Waals surface area contributed by atoms with Gasteiger partial charge in [0, 0.05) is 11.1 Å². The Hall–Kier alpha value is -0.370. The van der Waals surface area contributed by atoms with Crippen molar-refractivity contribution in [1.29, 1.82) is 0 Å². The fraction of sp³-hybridized carbons (Fsp3) is 0.812. The number of hydrogen-bond acceptors (Lipinski definition) is 2. The van der Waals surface area contributed by atoms with E-state index < -0.39 is 0 Å². The van der Waals surface area contributed by atoms with Gasteiger partial charge >= 0.3 is 0 Å². The second kappa shape index (κ2) is 10.5. The topological polar surface area (TPSA) is 12.9 Å². The van der Waals surface area contributed by atoms with Crippen LogP contribution in [0, 0.1) is 0 Å². The highest BCUT2D eigenvalue weighted by Gasteiger charge is 2.12. The third kappa shape index (κ3) is 6.53. The quantitative estimate of drug-likeness (QED) is 0.437. The Morgan fingerprint density at radius 3 is 2.00 bits per heavy atom. The van der Waals surface area contributed by atoms with E-state index in [2.05, 4.69) is 25.0 Å². The SMILES string of the molecule is CCCCCCC(CCCCCC)c1cncs1. The Labute approximate surface area is 117 Å². The molecule has 2 heteroatoms. The molecule has 1 aromatic rings. The van der Waals surface area contributed by atoms with Crippen molar-refractivity contribution >= 4 is 11.3 Å². The average molecular weight is 267 g/mol. The molecule has 0 saturated heterocycles. The van der Waals surface area contributed by atoms with Crippen molar-refractivity contribution in [2.24, 2.45) is 0 Å². The molecule has 0 unspecified atom stereocenters. The van der Waals surface area contributed by atoms with Gasteiger partial charge in [-0.05, 0) is 18.8 Å². The van der Waals surface area contributed by atoms with E-state index in [1.54, 1.807) is 0 Å². The van der Waals surface area contributed by atoms with Gasteiger partial charge < -0.3 is 0 Å². The molecule has 0 aromatic carbocycles. The summed E-state index contributed by atoms with van der Waals surface area (Å²) in [6.07, 6.45) is 15.9. The van der Waals surface area contributed by atoms with Crippen LogP contribution in [0.5, 0.6) is 0 Å². The Balaban J connectivity index is 2.29. The molecule has 0 fully saturated rings. The zero-order chi connectivity index (χ0) is 13.1. The number of unbranched alkanes of at least 4 members (excludes halogenated alkanes) is 6. The number of thiazole rings is 1. The van der Waals surface area contributed by atoms with Gasteiger partial charge in [0.2, 0.25) is 0 Å². The molecule has 18 heavy (non-hydrogen) atoms. The first-order chi connectivity index (χ1) is 8.88. The zero-order valence-corrected chi connectivity index (χ0v) is 13.0. The minimum atomic E-state index is 0.784. The van der Waals surface area contributed by atoms with Crippen molar-refractivity contribution in [3.63, 3.8) is 0 Å². The summed E-state index contributed by atoms with van der Waals surface area (Å²) in [6.45, 7) is 4.57. The highest BCUT2D eigenvalue weighted by molar-refractivity contribution is 7.09. The van der Waals surface area contributed by atoms with Crippen LogP contribution < -0.4 is 0 Å². The molecular formula is C16H29NS. The highest BCUT2D eigenvalue weighted by atomic mass is 32.1. The Morgan fingerprint density at radius 1 is 0.944 bits per heavy atom. The van der Waals surface area contributed by atoms with Crippen molar-refractivity contribution in [2.75, 3.05) is 0 Å². The molecule has 0 bridgehead atoms. The summed E-state index contributed by atoms with van der Waals surface area (Å²) in [5, 5.41) is 0. The normalized spacial score (nSPS) is 11.3. The zero-order valence-electron chi connectivity index (χ0n) is 12.2. The van der Waals surface area contributed by atoms with Crippen LogP contribution in [0.1, 0.15) is 88.9 Å². The molecule has 0 spiro atoms. The Bertz CT molecular complexity index is 257. The summed E-state index contributed by atoms with van der Waals surface area (Å²) in [4.78, 5) is 5.77. The van der Waals surface area contributed by atoms with E-state index in [0.29, 0.717) is 0 Å². The standard InChI is InChI=1S/C16H29NS/c1-3-5-7-9-11-15(12-10-8-6-4-2)16-13-17-14-18-16/h13-15H,3-12H2,1-2H3. The number of hydrogen-bond donors (Lipinski definition) is 0. The van der Waals surface area contributed by atoms with Crippen molar-refractivity contribution in [1.82, 2.24) is 4.98 Å². The Kier molecular flexibility index (Phi) is 9.19. The average Bonchev–Trinajstić information content (AvgIpc) is 2.91. The van der Waals surface area contributed by atoms with E-state index in [-0.39, 0.29) is 0 Å². The van der Waals surface area contributed by atoms with Crippen LogP contribution in [-0.4, -0.2) is 4.98 Å². The molecule has 0 aliphatic heterocycles. The molecule has 0 atom stereocenters. The van der Waals surface area contributed by atoms with E-state index >= 15 is 0 Å². The van der Waals surface area contributed by atoms with Crippen LogP contribution in [0.15, 0.2) is 11.7 Å². The maximum atomic E-state index is 4.25. The van der Waals surface area contributed by atoms with E-state index in [4.69, 9.17) is 0 Å². The molecule has 1 rings (SSSR count). The molecule has 0 saturated carbocycles. The molecule has 1 heterocycles. The van der Waals surface area contributed by atoms with Gasteiger partial charge in [-0.25, -0.2) is 0 Å². The number of aromatic nitrogens is 1. The van der Waals surface area contributed by atoms with Gasteiger partial charge in [0.05, 0.1) is 5.51 Å². The fourth-order valence-corrected chi connectivity index (χ4v) is 3.28. The van der Waals surface area contributed by atoms with Gasteiger partial charge in [0.25, 0.3) is 0 Å². The lowest BCUT2D eigenvalue weighted by Crippen LogP contribution is -1.97. The monoisotopic (exact) mass is 267 g/mol. The molecule has 1 aromatic heterocycles. The van der Waals surface area contributed by atoms with Gasteiger partial charge in [0.1, 0.15) is 0 Å². The Morgan fingerprint density at radius 2 is 1.56 bits per heavy atom.